The minimum absolute atomic E-state index is 0.0280. The largest absolute Gasteiger partial charge is 0.465 e. The van der Waals surface area contributed by atoms with Gasteiger partial charge in [0.15, 0.2) is 0 Å². The lowest BCUT2D eigenvalue weighted by molar-refractivity contribution is -0.145. The van der Waals surface area contributed by atoms with E-state index in [1.165, 1.54) is 0 Å². The highest BCUT2D eigenvalue weighted by atomic mass is 16.5. The van der Waals surface area contributed by atoms with Crippen molar-refractivity contribution in [2.45, 2.75) is 13.8 Å². The summed E-state index contributed by atoms with van der Waals surface area (Å²) in [4.78, 5) is 24.7. The number of allylic oxidation sites excluding steroid dienone is 1. The highest BCUT2D eigenvalue weighted by molar-refractivity contribution is 5.96. The maximum atomic E-state index is 12.7. The van der Waals surface area contributed by atoms with Gasteiger partial charge in [-0.2, -0.15) is 0 Å². The monoisotopic (exact) mass is 285 g/mol. The van der Waals surface area contributed by atoms with E-state index in [0.29, 0.717) is 6.61 Å². The highest BCUT2D eigenvalue weighted by Crippen LogP contribution is 2.42. The van der Waals surface area contributed by atoms with Crippen LogP contribution in [0.1, 0.15) is 13.8 Å². The highest BCUT2D eigenvalue weighted by Gasteiger charge is 2.49. The number of rotatable bonds is 2. The van der Waals surface area contributed by atoms with Crippen molar-refractivity contribution in [2.24, 2.45) is 23.7 Å². The Kier molecular flexibility index (Phi) is 3.53. The van der Waals surface area contributed by atoms with Crippen LogP contribution >= 0.6 is 0 Å². The third-order valence-electron chi connectivity index (χ3n) is 4.62. The number of carbonyl (C=O) groups excluding carboxylic acids is 2. The zero-order valence-corrected chi connectivity index (χ0v) is 12.2. The molecule has 0 unspecified atom stereocenters. The van der Waals surface area contributed by atoms with Crippen LogP contribution in [0.2, 0.25) is 0 Å². The third-order valence-corrected chi connectivity index (χ3v) is 4.62. The van der Waals surface area contributed by atoms with Gasteiger partial charge in [-0.05, 0) is 25.0 Å². The van der Waals surface area contributed by atoms with Gasteiger partial charge < -0.3 is 10.1 Å². The molecule has 0 spiro atoms. The maximum absolute atomic E-state index is 12.7. The Bertz CT molecular complexity index is 593. The van der Waals surface area contributed by atoms with E-state index >= 15 is 0 Å². The molecular weight excluding hydrogens is 266 g/mol. The molecule has 2 aliphatic rings. The average molecular weight is 285 g/mol. The van der Waals surface area contributed by atoms with Crippen LogP contribution in [0.5, 0.6) is 0 Å². The molecule has 3 rings (SSSR count). The number of anilines is 1. The Morgan fingerprint density at radius 3 is 2.71 bits per heavy atom. The molecule has 1 saturated heterocycles. The fourth-order valence-electron chi connectivity index (χ4n) is 3.34. The number of cyclic esters (lactones) is 1. The SMILES string of the molecule is CC1=C[C@@H]2COC(=O)[C@@H]2[C@H](C(=O)Nc2ccccc2)[C@@H]1C. The predicted octanol–water partition coefficient (Wildman–Crippen LogP) is 2.63. The van der Waals surface area contributed by atoms with E-state index in [9.17, 15) is 9.59 Å². The molecule has 1 amide bonds. The molecule has 0 aromatic heterocycles. The molecule has 1 aromatic carbocycles. The van der Waals surface area contributed by atoms with Crippen molar-refractivity contribution in [3.63, 3.8) is 0 Å². The molecular formula is C17H19NO3. The van der Waals surface area contributed by atoms with E-state index in [0.717, 1.165) is 11.3 Å². The molecule has 21 heavy (non-hydrogen) atoms. The van der Waals surface area contributed by atoms with Gasteiger partial charge in [-0.1, -0.05) is 36.8 Å². The smallest absolute Gasteiger partial charge is 0.310 e. The van der Waals surface area contributed by atoms with E-state index in [4.69, 9.17) is 4.74 Å². The van der Waals surface area contributed by atoms with Crippen LogP contribution < -0.4 is 5.32 Å². The zero-order chi connectivity index (χ0) is 15.0. The molecule has 1 aliphatic carbocycles. The van der Waals surface area contributed by atoms with Crippen LogP contribution in [0.4, 0.5) is 5.69 Å². The Morgan fingerprint density at radius 1 is 1.29 bits per heavy atom. The number of benzene rings is 1. The first-order valence-corrected chi connectivity index (χ1v) is 7.29. The number of esters is 1. The lowest BCUT2D eigenvalue weighted by Crippen LogP contribution is -2.41. The van der Waals surface area contributed by atoms with Crippen LogP contribution in [-0.4, -0.2) is 18.5 Å². The van der Waals surface area contributed by atoms with Gasteiger partial charge in [0, 0.05) is 11.6 Å². The number of hydrogen-bond acceptors (Lipinski definition) is 3. The molecule has 1 N–H and O–H groups in total. The van der Waals surface area contributed by atoms with Crippen molar-refractivity contribution in [2.75, 3.05) is 11.9 Å². The first-order chi connectivity index (χ1) is 10.1. The molecule has 4 nitrogen and oxygen atoms in total. The summed E-state index contributed by atoms with van der Waals surface area (Å²) in [6.45, 7) is 4.41. The summed E-state index contributed by atoms with van der Waals surface area (Å²) in [5, 5.41) is 2.92. The summed E-state index contributed by atoms with van der Waals surface area (Å²) in [5.74, 6) is -0.998. The second kappa shape index (κ2) is 5.35. The standard InChI is InChI=1S/C17H19NO3/c1-10-8-12-9-21-17(20)15(12)14(11(10)2)16(19)18-13-6-4-3-5-7-13/h3-8,11-12,14-15H,9H2,1-2H3,(H,18,19)/t11-,12-,14-,15+/m1/s1. The Morgan fingerprint density at radius 2 is 2.00 bits per heavy atom. The van der Waals surface area contributed by atoms with Crippen LogP contribution in [-0.2, 0) is 14.3 Å². The van der Waals surface area contributed by atoms with Crippen molar-refractivity contribution in [1.82, 2.24) is 0 Å². The van der Waals surface area contributed by atoms with Crippen LogP contribution in [0.15, 0.2) is 42.0 Å². The van der Waals surface area contributed by atoms with E-state index < -0.39 is 0 Å². The summed E-state index contributed by atoms with van der Waals surface area (Å²) in [6, 6.07) is 9.34. The molecule has 0 radical (unpaired) electrons. The first kappa shape index (κ1) is 13.9. The lowest BCUT2D eigenvalue weighted by atomic mass is 9.68. The number of hydrogen-bond donors (Lipinski definition) is 1. The van der Waals surface area contributed by atoms with Gasteiger partial charge in [0.25, 0.3) is 0 Å². The van der Waals surface area contributed by atoms with Gasteiger partial charge in [0.05, 0.1) is 18.4 Å². The molecule has 0 saturated carbocycles. The average Bonchev–Trinajstić information content (AvgIpc) is 2.82. The van der Waals surface area contributed by atoms with Gasteiger partial charge in [0.2, 0.25) is 5.91 Å². The van der Waals surface area contributed by atoms with Crippen molar-refractivity contribution >= 4 is 17.6 Å². The number of nitrogens with one attached hydrogen (secondary N) is 1. The summed E-state index contributed by atoms with van der Waals surface area (Å²) in [6.07, 6.45) is 2.09. The zero-order valence-electron chi connectivity index (χ0n) is 12.2. The lowest BCUT2D eigenvalue weighted by Gasteiger charge is -2.33. The first-order valence-electron chi connectivity index (χ1n) is 7.29. The Balaban J connectivity index is 1.86. The number of fused-ring (bicyclic) bond motifs is 1. The topological polar surface area (TPSA) is 55.4 Å². The quantitative estimate of drug-likeness (QED) is 0.671. The van der Waals surface area contributed by atoms with Crippen molar-refractivity contribution in [3.05, 3.63) is 42.0 Å². The Labute approximate surface area is 124 Å². The number of ether oxygens (including phenoxy) is 1. The van der Waals surface area contributed by atoms with Crippen molar-refractivity contribution in [1.29, 1.82) is 0 Å². The van der Waals surface area contributed by atoms with E-state index in [1.54, 1.807) is 0 Å². The summed E-state index contributed by atoms with van der Waals surface area (Å²) >= 11 is 0. The number of carbonyl (C=O) groups is 2. The van der Waals surface area contributed by atoms with Gasteiger partial charge in [0.1, 0.15) is 0 Å². The predicted molar refractivity (Wildman–Crippen MR) is 79.4 cm³/mol. The molecule has 0 bridgehead atoms. The second-order valence-corrected chi connectivity index (χ2v) is 5.90. The molecule has 110 valence electrons. The van der Waals surface area contributed by atoms with Gasteiger partial charge in [-0.25, -0.2) is 0 Å². The van der Waals surface area contributed by atoms with E-state index in [1.807, 2.05) is 44.2 Å². The molecule has 1 fully saturated rings. The molecule has 4 atom stereocenters. The Hall–Kier alpha value is -2.10. The van der Waals surface area contributed by atoms with Gasteiger partial charge >= 0.3 is 5.97 Å². The second-order valence-electron chi connectivity index (χ2n) is 5.90. The van der Waals surface area contributed by atoms with E-state index in [2.05, 4.69) is 11.4 Å². The minimum Gasteiger partial charge on any atom is -0.465 e. The molecule has 1 heterocycles. The van der Waals surface area contributed by atoms with Gasteiger partial charge in [-0.3, -0.25) is 9.59 Å². The van der Waals surface area contributed by atoms with Crippen LogP contribution in [0.3, 0.4) is 0 Å². The third kappa shape index (κ3) is 2.46. The molecule has 1 aromatic rings. The van der Waals surface area contributed by atoms with Crippen molar-refractivity contribution in [3.8, 4) is 0 Å². The summed E-state index contributed by atoms with van der Waals surface area (Å²) < 4.78 is 5.16. The maximum Gasteiger partial charge on any atom is 0.310 e. The number of amides is 1. The fourth-order valence-corrected chi connectivity index (χ4v) is 3.34. The van der Waals surface area contributed by atoms with Crippen molar-refractivity contribution < 1.29 is 14.3 Å². The molecule has 1 aliphatic heterocycles. The molecule has 4 heteroatoms. The summed E-state index contributed by atoms with van der Waals surface area (Å²) in [7, 11) is 0. The van der Waals surface area contributed by atoms with Crippen LogP contribution in [0, 0.1) is 23.7 Å². The van der Waals surface area contributed by atoms with E-state index in [-0.39, 0.29) is 35.5 Å². The minimum atomic E-state index is -0.366. The van der Waals surface area contributed by atoms with Crippen LogP contribution in [0.25, 0.3) is 0 Å². The summed E-state index contributed by atoms with van der Waals surface area (Å²) in [5.41, 5.74) is 1.91. The fraction of sp³-hybridized carbons (Fsp3) is 0.412. The van der Waals surface area contributed by atoms with Gasteiger partial charge in [-0.15, -0.1) is 0 Å². The number of para-hydroxylation sites is 1. The normalized spacial score (nSPS) is 31.1.